The maximum absolute atomic E-state index is 13.3. The number of amides is 3. The lowest BCUT2D eigenvalue weighted by Crippen LogP contribution is -2.56. The summed E-state index contributed by atoms with van der Waals surface area (Å²) in [5, 5.41) is 6.85. The Kier molecular flexibility index (Phi) is 9.98. The first-order valence-corrected chi connectivity index (χ1v) is 13.0. The van der Waals surface area contributed by atoms with Crippen LogP contribution in [0.4, 0.5) is 0 Å². The predicted octanol–water partition coefficient (Wildman–Crippen LogP) is 1.94. The molecular weight excluding hydrogens is 474 g/mol. The van der Waals surface area contributed by atoms with Crippen LogP contribution in [0.15, 0.2) is 60.0 Å². The van der Waals surface area contributed by atoms with Gasteiger partial charge in [0.05, 0.1) is 6.04 Å². The molecule has 3 amide bonds. The number of hydrogen-bond donors (Lipinski definition) is 4. The number of thiophene rings is 1. The summed E-state index contributed by atoms with van der Waals surface area (Å²) < 4.78 is 0. The van der Waals surface area contributed by atoms with E-state index in [-0.39, 0.29) is 5.91 Å². The van der Waals surface area contributed by atoms with E-state index >= 15 is 0 Å². The van der Waals surface area contributed by atoms with Gasteiger partial charge in [-0.3, -0.25) is 14.4 Å². The van der Waals surface area contributed by atoms with Crippen molar-refractivity contribution in [2.75, 3.05) is 13.6 Å². The fourth-order valence-corrected chi connectivity index (χ4v) is 4.94. The smallest absolute Gasteiger partial charge is 0.243 e. The zero-order chi connectivity index (χ0) is 26.1. The molecule has 0 aliphatic carbocycles. The molecule has 0 unspecified atom stereocenters. The van der Waals surface area contributed by atoms with Gasteiger partial charge in [0.15, 0.2) is 0 Å². The van der Waals surface area contributed by atoms with Crippen LogP contribution in [0.1, 0.15) is 29.7 Å². The van der Waals surface area contributed by atoms with Crippen LogP contribution in [0.25, 0.3) is 10.8 Å². The Balaban J connectivity index is 1.74. The lowest BCUT2D eigenvalue weighted by atomic mass is 10.0. The van der Waals surface area contributed by atoms with E-state index in [4.69, 9.17) is 17.2 Å². The number of unbranched alkanes of at least 4 members (excludes halogenated alkanes) is 1. The number of hydrogen-bond acceptors (Lipinski definition) is 6. The van der Waals surface area contributed by atoms with Crippen LogP contribution in [-0.4, -0.2) is 54.3 Å². The van der Waals surface area contributed by atoms with Gasteiger partial charge in [-0.1, -0.05) is 48.5 Å². The van der Waals surface area contributed by atoms with E-state index < -0.39 is 29.9 Å². The first kappa shape index (κ1) is 27.3. The number of rotatable bonds is 13. The van der Waals surface area contributed by atoms with E-state index in [1.54, 1.807) is 7.05 Å². The van der Waals surface area contributed by atoms with Crippen LogP contribution >= 0.6 is 11.3 Å². The van der Waals surface area contributed by atoms with Gasteiger partial charge >= 0.3 is 0 Å². The van der Waals surface area contributed by atoms with E-state index in [1.165, 1.54) is 16.2 Å². The third kappa shape index (κ3) is 7.36. The summed E-state index contributed by atoms with van der Waals surface area (Å²) in [6.45, 7) is 0.493. The number of nitrogens with zero attached hydrogens (tertiary/aromatic N) is 1. The van der Waals surface area contributed by atoms with Crippen molar-refractivity contribution in [3.8, 4) is 0 Å². The van der Waals surface area contributed by atoms with Crippen LogP contribution in [0.2, 0.25) is 0 Å². The molecule has 2 aromatic carbocycles. The average Bonchev–Trinajstić information content (AvgIpc) is 3.39. The van der Waals surface area contributed by atoms with E-state index in [9.17, 15) is 14.4 Å². The highest BCUT2D eigenvalue weighted by Crippen LogP contribution is 2.18. The second-order valence-electron chi connectivity index (χ2n) is 8.99. The van der Waals surface area contributed by atoms with Crippen molar-refractivity contribution in [3.63, 3.8) is 0 Å². The van der Waals surface area contributed by atoms with Crippen molar-refractivity contribution in [1.29, 1.82) is 0 Å². The number of nitrogens with two attached hydrogens (primary N) is 3. The molecule has 0 spiro atoms. The molecule has 0 saturated carbocycles. The monoisotopic (exact) mass is 509 g/mol. The molecule has 3 rings (SSSR count). The molecule has 36 heavy (non-hydrogen) atoms. The third-order valence-electron chi connectivity index (χ3n) is 6.29. The number of primary amides is 1. The zero-order valence-electron chi connectivity index (χ0n) is 20.6. The molecule has 9 heteroatoms. The number of carbonyl (C=O) groups is 3. The Morgan fingerprint density at radius 2 is 1.75 bits per heavy atom. The molecular formula is C27H35N5O3S. The highest BCUT2D eigenvalue weighted by atomic mass is 32.1. The summed E-state index contributed by atoms with van der Waals surface area (Å²) in [7, 11) is 1.58. The van der Waals surface area contributed by atoms with Crippen LogP contribution in [0, 0.1) is 0 Å². The van der Waals surface area contributed by atoms with Crippen molar-refractivity contribution in [1.82, 2.24) is 10.2 Å². The molecule has 0 radical (unpaired) electrons. The summed E-state index contributed by atoms with van der Waals surface area (Å²) >= 11 is 1.50. The number of carbonyl (C=O) groups excluding carboxylic acids is 3. The average molecular weight is 510 g/mol. The Hall–Kier alpha value is -3.27. The number of likely N-dealkylation sites (N-methyl/N-ethyl adjacent to an activating group) is 1. The van der Waals surface area contributed by atoms with Crippen molar-refractivity contribution in [2.24, 2.45) is 17.2 Å². The lowest BCUT2D eigenvalue weighted by Gasteiger charge is -2.30. The normalized spacial score (nSPS) is 13.6. The van der Waals surface area contributed by atoms with Gasteiger partial charge in [0.1, 0.15) is 12.1 Å². The summed E-state index contributed by atoms with van der Waals surface area (Å²) in [5.41, 5.74) is 18.3. The number of nitrogens with one attached hydrogen (secondary N) is 1. The molecule has 192 valence electrons. The predicted molar refractivity (Wildman–Crippen MR) is 144 cm³/mol. The van der Waals surface area contributed by atoms with Gasteiger partial charge < -0.3 is 27.4 Å². The summed E-state index contributed by atoms with van der Waals surface area (Å²) in [6, 6.07) is 15.3. The first-order valence-electron chi connectivity index (χ1n) is 12.1. The first-order chi connectivity index (χ1) is 17.3. The van der Waals surface area contributed by atoms with Crippen molar-refractivity contribution >= 4 is 39.8 Å². The van der Waals surface area contributed by atoms with E-state index in [1.807, 2.05) is 60.0 Å². The molecule has 3 atom stereocenters. The van der Waals surface area contributed by atoms with Crippen LogP contribution in [-0.2, 0) is 27.2 Å². The van der Waals surface area contributed by atoms with Crippen LogP contribution in [0.3, 0.4) is 0 Å². The van der Waals surface area contributed by atoms with Crippen LogP contribution in [0.5, 0.6) is 0 Å². The Morgan fingerprint density at radius 1 is 1.00 bits per heavy atom. The van der Waals surface area contributed by atoms with Crippen LogP contribution < -0.4 is 22.5 Å². The third-order valence-corrected chi connectivity index (χ3v) is 7.18. The highest BCUT2D eigenvalue weighted by molar-refractivity contribution is 7.09. The summed E-state index contributed by atoms with van der Waals surface area (Å²) in [4.78, 5) is 40.9. The summed E-state index contributed by atoms with van der Waals surface area (Å²) in [5.74, 6) is -1.40. The van der Waals surface area contributed by atoms with Crippen molar-refractivity contribution in [2.45, 2.75) is 50.2 Å². The van der Waals surface area contributed by atoms with E-state index in [2.05, 4.69) is 5.32 Å². The molecule has 3 aromatic rings. The molecule has 0 aliphatic rings. The van der Waals surface area contributed by atoms with Crippen molar-refractivity contribution in [3.05, 3.63) is 70.4 Å². The Morgan fingerprint density at radius 3 is 2.42 bits per heavy atom. The minimum absolute atomic E-state index is 0.308. The maximum Gasteiger partial charge on any atom is 0.243 e. The molecule has 0 fully saturated rings. The molecule has 0 bridgehead atoms. The fraction of sp³-hybridized carbons (Fsp3) is 0.370. The fourth-order valence-electron chi connectivity index (χ4n) is 4.19. The number of fused-ring (bicyclic) bond motifs is 1. The molecule has 7 N–H and O–H groups in total. The Bertz CT molecular complexity index is 1170. The quantitative estimate of drug-likeness (QED) is 0.260. The van der Waals surface area contributed by atoms with Gasteiger partial charge in [-0.25, -0.2) is 0 Å². The molecule has 0 aliphatic heterocycles. The second-order valence-corrected chi connectivity index (χ2v) is 10.0. The van der Waals surface area contributed by atoms with Gasteiger partial charge in [-0.2, -0.15) is 0 Å². The SMILES string of the molecule is CN(C(=O)[C@H](N)Cc1ccc2ccccc2c1)[C@H](Cc1cccs1)C(=O)N[C@@H](CCCCN)C(N)=O. The minimum Gasteiger partial charge on any atom is -0.368 e. The summed E-state index contributed by atoms with van der Waals surface area (Å²) in [6.07, 6.45) is 2.42. The van der Waals surface area contributed by atoms with Gasteiger partial charge in [0.2, 0.25) is 17.7 Å². The van der Waals surface area contributed by atoms with Gasteiger partial charge in [-0.15, -0.1) is 11.3 Å². The largest absolute Gasteiger partial charge is 0.368 e. The Labute approximate surface area is 215 Å². The van der Waals surface area contributed by atoms with E-state index in [0.717, 1.165) is 27.6 Å². The molecule has 1 heterocycles. The standard InChI is InChI=1S/C27H35N5O3S/c1-32(27(35)22(29)16-18-11-12-19-7-2-3-8-20(19)15-18)24(17-21-9-6-14-36-21)26(34)31-23(25(30)33)10-4-5-13-28/h2-3,6-9,11-12,14-15,22-24H,4-5,10,13,16-17,28-29H2,1H3,(H2,30,33)(H,31,34)/t22-,23+,24-/m1/s1. The highest BCUT2D eigenvalue weighted by Gasteiger charge is 2.32. The van der Waals surface area contributed by atoms with Gasteiger partial charge in [-0.05, 0) is 60.0 Å². The zero-order valence-corrected chi connectivity index (χ0v) is 21.4. The molecule has 8 nitrogen and oxygen atoms in total. The second kappa shape index (κ2) is 13.2. The lowest BCUT2D eigenvalue weighted by molar-refractivity contribution is -0.140. The van der Waals surface area contributed by atoms with E-state index in [0.29, 0.717) is 32.2 Å². The maximum atomic E-state index is 13.3. The molecule has 1 aromatic heterocycles. The van der Waals surface area contributed by atoms with Gasteiger partial charge in [0.25, 0.3) is 0 Å². The van der Waals surface area contributed by atoms with Gasteiger partial charge in [0, 0.05) is 18.3 Å². The molecule has 0 saturated heterocycles. The topological polar surface area (TPSA) is 145 Å². The minimum atomic E-state index is -0.838. The number of benzene rings is 2. The van der Waals surface area contributed by atoms with Crippen molar-refractivity contribution < 1.29 is 14.4 Å².